The minimum Gasteiger partial charge on any atom is -0.493 e. The quantitative estimate of drug-likeness (QED) is 0.347. The molecule has 152 valence electrons. The summed E-state index contributed by atoms with van der Waals surface area (Å²) in [6, 6.07) is 5.53. The molecule has 0 unspecified atom stereocenters. The van der Waals surface area contributed by atoms with Crippen molar-refractivity contribution in [1.82, 2.24) is 10.2 Å². The first-order chi connectivity index (χ1) is 13.0. The van der Waals surface area contributed by atoms with E-state index in [2.05, 4.69) is 15.6 Å². The van der Waals surface area contributed by atoms with Crippen LogP contribution in [0.15, 0.2) is 23.2 Å². The average molecular weight is 380 g/mol. The van der Waals surface area contributed by atoms with Gasteiger partial charge < -0.3 is 29.7 Å². The number of hydrogen-bond donors (Lipinski definition) is 2. The highest BCUT2D eigenvalue weighted by Gasteiger charge is 2.08. The predicted molar refractivity (Wildman–Crippen MR) is 108 cm³/mol. The fourth-order valence-corrected chi connectivity index (χ4v) is 2.11. The summed E-state index contributed by atoms with van der Waals surface area (Å²) in [7, 11) is 5.02. The molecule has 0 spiro atoms. The van der Waals surface area contributed by atoms with E-state index in [1.165, 1.54) is 4.90 Å². The lowest BCUT2D eigenvalue weighted by Gasteiger charge is -2.15. The molecule has 1 rings (SSSR count). The SMILES string of the molecule is CCOCCCNC(=NCC(=O)N(C)C)Nc1ccc(OC)c(OCC)c1. The highest BCUT2D eigenvalue weighted by Crippen LogP contribution is 2.30. The van der Waals surface area contributed by atoms with Crippen molar-refractivity contribution >= 4 is 17.6 Å². The van der Waals surface area contributed by atoms with Crippen LogP contribution in [-0.4, -0.2) is 70.9 Å². The Kier molecular flexibility index (Phi) is 10.7. The number of nitrogens with zero attached hydrogens (tertiary/aromatic N) is 2. The van der Waals surface area contributed by atoms with Crippen molar-refractivity contribution in [3.8, 4) is 11.5 Å². The molecular formula is C19H32N4O4. The molecule has 0 aliphatic carbocycles. The van der Waals surface area contributed by atoms with Crippen molar-refractivity contribution in [1.29, 1.82) is 0 Å². The zero-order valence-corrected chi connectivity index (χ0v) is 17.0. The number of nitrogens with one attached hydrogen (secondary N) is 2. The number of carbonyl (C=O) groups excluding carboxylic acids is 1. The number of methoxy groups -OCH3 is 1. The Labute approximate surface area is 161 Å². The van der Waals surface area contributed by atoms with Gasteiger partial charge in [0.25, 0.3) is 0 Å². The average Bonchev–Trinajstić information content (AvgIpc) is 2.65. The second-order valence-corrected chi connectivity index (χ2v) is 5.85. The number of benzene rings is 1. The lowest BCUT2D eigenvalue weighted by Crippen LogP contribution is -2.34. The molecular weight excluding hydrogens is 348 g/mol. The van der Waals surface area contributed by atoms with Crippen molar-refractivity contribution < 1.29 is 19.0 Å². The summed E-state index contributed by atoms with van der Waals surface area (Å²) in [4.78, 5) is 17.7. The lowest BCUT2D eigenvalue weighted by atomic mass is 10.2. The topological polar surface area (TPSA) is 84.4 Å². The van der Waals surface area contributed by atoms with Crippen molar-refractivity contribution in [3.63, 3.8) is 0 Å². The van der Waals surface area contributed by atoms with Crippen LogP contribution in [0.4, 0.5) is 5.69 Å². The molecule has 0 saturated carbocycles. The van der Waals surface area contributed by atoms with Crippen molar-refractivity contribution in [2.24, 2.45) is 4.99 Å². The smallest absolute Gasteiger partial charge is 0.243 e. The standard InChI is InChI=1S/C19H32N4O4/c1-6-26-12-8-11-20-19(21-14-18(24)23(3)4)22-15-9-10-16(25-5)17(13-15)27-7-2/h9-10,13H,6-8,11-12,14H2,1-5H3,(H2,20,21,22). The van der Waals surface area contributed by atoms with E-state index in [-0.39, 0.29) is 12.5 Å². The highest BCUT2D eigenvalue weighted by molar-refractivity contribution is 5.95. The molecule has 0 atom stereocenters. The lowest BCUT2D eigenvalue weighted by molar-refractivity contribution is -0.127. The summed E-state index contributed by atoms with van der Waals surface area (Å²) >= 11 is 0. The molecule has 0 heterocycles. The number of amides is 1. The van der Waals surface area contributed by atoms with Gasteiger partial charge in [0.15, 0.2) is 17.5 Å². The van der Waals surface area contributed by atoms with Crippen molar-refractivity contribution in [2.45, 2.75) is 20.3 Å². The maximum atomic E-state index is 11.8. The van der Waals surface area contributed by atoms with Crippen LogP contribution in [-0.2, 0) is 9.53 Å². The molecule has 0 aromatic heterocycles. The molecule has 27 heavy (non-hydrogen) atoms. The Hall–Kier alpha value is -2.48. The second kappa shape index (κ2) is 12.8. The Balaban J connectivity index is 2.83. The molecule has 2 N–H and O–H groups in total. The van der Waals surface area contributed by atoms with Crippen LogP contribution in [0, 0.1) is 0 Å². The van der Waals surface area contributed by atoms with E-state index in [1.54, 1.807) is 21.2 Å². The normalized spacial score (nSPS) is 11.1. The number of carbonyl (C=O) groups is 1. The molecule has 1 amide bonds. The monoisotopic (exact) mass is 380 g/mol. The van der Waals surface area contributed by atoms with Crippen LogP contribution in [0.3, 0.4) is 0 Å². The van der Waals surface area contributed by atoms with Gasteiger partial charge in [-0.2, -0.15) is 0 Å². The first kappa shape index (κ1) is 22.6. The van der Waals surface area contributed by atoms with Gasteiger partial charge in [-0.25, -0.2) is 4.99 Å². The van der Waals surface area contributed by atoms with Crippen LogP contribution in [0.1, 0.15) is 20.3 Å². The fraction of sp³-hybridized carbons (Fsp3) is 0.579. The van der Waals surface area contributed by atoms with Gasteiger partial charge >= 0.3 is 0 Å². The number of aliphatic imine (C=N–C) groups is 1. The zero-order valence-electron chi connectivity index (χ0n) is 17.0. The molecule has 0 radical (unpaired) electrons. The highest BCUT2D eigenvalue weighted by atomic mass is 16.5. The van der Waals surface area contributed by atoms with E-state index in [1.807, 2.05) is 32.0 Å². The summed E-state index contributed by atoms with van der Waals surface area (Å²) in [5.74, 6) is 1.75. The molecule has 0 saturated heterocycles. The van der Waals surface area contributed by atoms with E-state index in [0.29, 0.717) is 43.8 Å². The van der Waals surface area contributed by atoms with Gasteiger partial charge in [-0.05, 0) is 32.4 Å². The van der Waals surface area contributed by atoms with Crippen LogP contribution in [0.5, 0.6) is 11.5 Å². The summed E-state index contributed by atoms with van der Waals surface area (Å²) in [6.07, 6.45) is 0.836. The van der Waals surface area contributed by atoms with E-state index in [4.69, 9.17) is 14.2 Å². The fourth-order valence-electron chi connectivity index (χ4n) is 2.11. The molecule has 1 aromatic rings. The molecule has 8 nitrogen and oxygen atoms in total. The third-order valence-corrected chi connectivity index (χ3v) is 3.56. The molecule has 0 bridgehead atoms. The number of hydrogen-bond acceptors (Lipinski definition) is 5. The predicted octanol–water partition coefficient (Wildman–Crippen LogP) is 1.97. The van der Waals surface area contributed by atoms with E-state index >= 15 is 0 Å². The summed E-state index contributed by atoms with van der Waals surface area (Å²) in [5.41, 5.74) is 0.785. The minimum atomic E-state index is -0.0739. The van der Waals surface area contributed by atoms with E-state index in [9.17, 15) is 4.79 Å². The van der Waals surface area contributed by atoms with Gasteiger partial charge in [0, 0.05) is 45.6 Å². The number of ether oxygens (including phenoxy) is 3. The third-order valence-electron chi connectivity index (χ3n) is 3.56. The van der Waals surface area contributed by atoms with Crippen LogP contribution in [0.25, 0.3) is 0 Å². The van der Waals surface area contributed by atoms with E-state index in [0.717, 1.165) is 12.1 Å². The van der Waals surface area contributed by atoms with Gasteiger partial charge in [0.1, 0.15) is 6.54 Å². The second-order valence-electron chi connectivity index (χ2n) is 5.85. The Morgan fingerprint density at radius 1 is 1.19 bits per heavy atom. The molecule has 8 heteroatoms. The Morgan fingerprint density at radius 3 is 2.59 bits per heavy atom. The van der Waals surface area contributed by atoms with Gasteiger partial charge in [0.2, 0.25) is 5.91 Å². The van der Waals surface area contributed by atoms with Crippen LogP contribution >= 0.6 is 0 Å². The van der Waals surface area contributed by atoms with Crippen molar-refractivity contribution in [2.75, 3.05) is 59.4 Å². The molecule has 0 fully saturated rings. The Morgan fingerprint density at radius 2 is 1.96 bits per heavy atom. The molecule has 0 aliphatic heterocycles. The third kappa shape index (κ3) is 8.63. The summed E-state index contributed by atoms with van der Waals surface area (Å²) in [6.45, 7) is 6.52. The van der Waals surface area contributed by atoms with Gasteiger partial charge in [-0.3, -0.25) is 4.79 Å². The number of likely N-dealkylation sites (N-methyl/N-ethyl adjacent to an activating group) is 1. The number of anilines is 1. The maximum Gasteiger partial charge on any atom is 0.243 e. The van der Waals surface area contributed by atoms with Crippen LogP contribution < -0.4 is 20.1 Å². The molecule has 0 aliphatic rings. The largest absolute Gasteiger partial charge is 0.493 e. The first-order valence-electron chi connectivity index (χ1n) is 9.15. The van der Waals surface area contributed by atoms with E-state index < -0.39 is 0 Å². The minimum absolute atomic E-state index is 0.0578. The van der Waals surface area contributed by atoms with Gasteiger partial charge in [-0.15, -0.1) is 0 Å². The maximum absolute atomic E-state index is 11.8. The van der Waals surface area contributed by atoms with Gasteiger partial charge in [-0.1, -0.05) is 0 Å². The summed E-state index contributed by atoms with van der Waals surface area (Å²) < 4.78 is 16.2. The zero-order chi connectivity index (χ0) is 20.1. The van der Waals surface area contributed by atoms with Crippen molar-refractivity contribution in [3.05, 3.63) is 18.2 Å². The van der Waals surface area contributed by atoms with Crippen LogP contribution in [0.2, 0.25) is 0 Å². The Bertz CT molecular complexity index is 605. The summed E-state index contributed by atoms with van der Waals surface area (Å²) in [5, 5.41) is 6.42. The number of rotatable bonds is 11. The molecule has 1 aromatic carbocycles. The number of guanidine groups is 1. The van der Waals surface area contributed by atoms with Gasteiger partial charge in [0.05, 0.1) is 13.7 Å². The first-order valence-corrected chi connectivity index (χ1v) is 9.15.